The maximum Gasteiger partial charge on any atom is 0.262 e. The minimum atomic E-state index is -0.238. The van der Waals surface area contributed by atoms with Crippen LogP contribution in [0, 0.1) is 13.8 Å². The summed E-state index contributed by atoms with van der Waals surface area (Å²) in [6.07, 6.45) is 0.567. The molecule has 0 radical (unpaired) electrons. The molecule has 0 spiro atoms. The molecule has 0 saturated heterocycles. The molecule has 4 aromatic rings. The molecule has 0 bridgehead atoms. The fourth-order valence-electron chi connectivity index (χ4n) is 3.27. The summed E-state index contributed by atoms with van der Waals surface area (Å²) in [5.41, 5.74) is 5.24. The SMILES string of the molecule is Cc1cc(C)cc(OCC(=O)Nc2ccc3oc(Cc4ccc(Cl)cc4)nc3c2)c1. The van der Waals surface area contributed by atoms with Crippen LogP contribution in [-0.2, 0) is 11.2 Å². The number of aryl methyl sites for hydroxylation is 2. The number of rotatable bonds is 6. The average Bonchev–Trinajstić information content (AvgIpc) is 3.09. The van der Waals surface area contributed by atoms with Crippen LogP contribution < -0.4 is 10.1 Å². The molecule has 0 fully saturated rings. The molecule has 1 aromatic heterocycles. The first-order valence-electron chi connectivity index (χ1n) is 9.59. The molecule has 0 aliphatic rings. The van der Waals surface area contributed by atoms with Gasteiger partial charge in [-0.05, 0) is 73.0 Å². The molecule has 1 amide bonds. The number of nitrogens with zero attached hydrogens (tertiary/aromatic N) is 1. The lowest BCUT2D eigenvalue weighted by molar-refractivity contribution is -0.118. The Morgan fingerprint density at radius 2 is 1.77 bits per heavy atom. The highest BCUT2D eigenvalue weighted by Crippen LogP contribution is 2.22. The number of hydrogen-bond donors (Lipinski definition) is 1. The Hall–Kier alpha value is -3.31. The summed E-state index contributed by atoms with van der Waals surface area (Å²) in [6, 6.07) is 18.8. The van der Waals surface area contributed by atoms with Crippen LogP contribution in [0.5, 0.6) is 5.75 Å². The number of carbonyl (C=O) groups excluding carboxylic acids is 1. The molecule has 5 nitrogen and oxygen atoms in total. The highest BCUT2D eigenvalue weighted by atomic mass is 35.5. The molecule has 0 atom stereocenters. The predicted molar refractivity (Wildman–Crippen MR) is 118 cm³/mol. The van der Waals surface area contributed by atoms with Crippen LogP contribution in [0.3, 0.4) is 0 Å². The zero-order chi connectivity index (χ0) is 21.1. The molecule has 0 unspecified atom stereocenters. The monoisotopic (exact) mass is 420 g/mol. The van der Waals surface area contributed by atoms with E-state index < -0.39 is 0 Å². The van der Waals surface area contributed by atoms with Gasteiger partial charge in [0.25, 0.3) is 5.91 Å². The maximum atomic E-state index is 12.3. The predicted octanol–water partition coefficient (Wildman–Crippen LogP) is 5.71. The Morgan fingerprint density at radius 1 is 1.03 bits per heavy atom. The van der Waals surface area contributed by atoms with Crippen molar-refractivity contribution in [3.8, 4) is 5.75 Å². The van der Waals surface area contributed by atoms with Gasteiger partial charge >= 0.3 is 0 Å². The topological polar surface area (TPSA) is 64.4 Å². The van der Waals surface area contributed by atoms with Crippen LogP contribution in [0.25, 0.3) is 11.1 Å². The van der Waals surface area contributed by atoms with Crippen molar-refractivity contribution < 1.29 is 13.9 Å². The first-order chi connectivity index (χ1) is 14.4. The van der Waals surface area contributed by atoms with Gasteiger partial charge in [0.15, 0.2) is 18.1 Å². The summed E-state index contributed by atoms with van der Waals surface area (Å²) in [7, 11) is 0. The fraction of sp³-hybridized carbons (Fsp3) is 0.167. The van der Waals surface area contributed by atoms with E-state index in [4.69, 9.17) is 20.8 Å². The van der Waals surface area contributed by atoms with Gasteiger partial charge in [-0.15, -0.1) is 0 Å². The molecule has 4 rings (SSSR count). The highest BCUT2D eigenvalue weighted by molar-refractivity contribution is 6.30. The number of amides is 1. The summed E-state index contributed by atoms with van der Waals surface area (Å²) in [6.45, 7) is 3.92. The van der Waals surface area contributed by atoms with Crippen molar-refractivity contribution in [2.75, 3.05) is 11.9 Å². The number of hydrogen-bond acceptors (Lipinski definition) is 4. The zero-order valence-corrected chi connectivity index (χ0v) is 17.5. The molecule has 30 heavy (non-hydrogen) atoms. The molecular weight excluding hydrogens is 400 g/mol. The van der Waals surface area contributed by atoms with Crippen LogP contribution in [0.2, 0.25) is 5.02 Å². The van der Waals surface area contributed by atoms with Crippen molar-refractivity contribution in [3.05, 3.63) is 88.3 Å². The van der Waals surface area contributed by atoms with Gasteiger partial charge in [-0.25, -0.2) is 4.98 Å². The van der Waals surface area contributed by atoms with Gasteiger partial charge in [0, 0.05) is 17.1 Å². The van der Waals surface area contributed by atoms with Gasteiger partial charge in [-0.1, -0.05) is 29.8 Å². The molecule has 152 valence electrons. The number of fused-ring (bicyclic) bond motifs is 1. The number of ether oxygens (including phenoxy) is 1. The number of benzene rings is 3. The average molecular weight is 421 g/mol. The van der Waals surface area contributed by atoms with E-state index in [9.17, 15) is 4.79 Å². The van der Waals surface area contributed by atoms with E-state index in [0.29, 0.717) is 39.9 Å². The summed E-state index contributed by atoms with van der Waals surface area (Å²) in [4.78, 5) is 16.8. The third-order valence-corrected chi connectivity index (χ3v) is 4.80. The second-order valence-electron chi connectivity index (χ2n) is 7.25. The number of carbonyl (C=O) groups is 1. The highest BCUT2D eigenvalue weighted by Gasteiger charge is 2.10. The smallest absolute Gasteiger partial charge is 0.262 e. The van der Waals surface area contributed by atoms with Gasteiger partial charge in [0.1, 0.15) is 11.3 Å². The number of oxazole rings is 1. The van der Waals surface area contributed by atoms with Gasteiger partial charge in [0.05, 0.1) is 0 Å². The van der Waals surface area contributed by atoms with Crippen molar-refractivity contribution in [3.63, 3.8) is 0 Å². The van der Waals surface area contributed by atoms with Gasteiger partial charge < -0.3 is 14.5 Å². The van der Waals surface area contributed by atoms with Crippen molar-refractivity contribution >= 4 is 34.3 Å². The largest absolute Gasteiger partial charge is 0.484 e. The van der Waals surface area contributed by atoms with Crippen LogP contribution >= 0.6 is 11.6 Å². The minimum absolute atomic E-state index is 0.0679. The third-order valence-electron chi connectivity index (χ3n) is 4.55. The molecule has 1 N–H and O–H groups in total. The molecule has 3 aromatic carbocycles. The molecular formula is C24H21ClN2O3. The molecule has 6 heteroatoms. The summed E-state index contributed by atoms with van der Waals surface area (Å²) in [5, 5.41) is 3.53. The van der Waals surface area contributed by atoms with E-state index in [-0.39, 0.29) is 12.5 Å². The first kappa shape index (κ1) is 20.0. The first-order valence-corrected chi connectivity index (χ1v) is 9.97. The second kappa shape index (κ2) is 8.59. The zero-order valence-electron chi connectivity index (χ0n) is 16.7. The van der Waals surface area contributed by atoms with E-state index in [2.05, 4.69) is 16.4 Å². The van der Waals surface area contributed by atoms with Crippen molar-refractivity contribution in [1.29, 1.82) is 0 Å². The number of aromatic nitrogens is 1. The Bertz CT molecular complexity index is 1180. The lowest BCUT2D eigenvalue weighted by Crippen LogP contribution is -2.20. The molecule has 0 saturated carbocycles. The van der Waals surface area contributed by atoms with Gasteiger partial charge in [-0.2, -0.15) is 0 Å². The van der Waals surface area contributed by atoms with Gasteiger partial charge in [-0.3, -0.25) is 4.79 Å². The van der Waals surface area contributed by atoms with Crippen molar-refractivity contribution in [2.45, 2.75) is 20.3 Å². The van der Waals surface area contributed by atoms with Crippen molar-refractivity contribution in [1.82, 2.24) is 4.98 Å². The summed E-state index contributed by atoms with van der Waals surface area (Å²) in [5.74, 6) is 1.05. The number of halogens is 1. The van der Waals surface area contributed by atoms with Gasteiger partial charge in [0.2, 0.25) is 0 Å². The number of nitrogens with one attached hydrogen (secondary N) is 1. The van der Waals surface area contributed by atoms with E-state index >= 15 is 0 Å². The lowest BCUT2D eigenvalue weighted by atomic mass is 10.1. The Morgan fingerprint density at radius 3 is 2.50 bits per heavy atom. The second-order valence-corrected chi connectivity index (χ2v) is 7.69. The molecule has 0 aliphatic carbocycles. The Balaban J connectivity index is 1.40. The quantitative estimate of drug-likeness (QED) is 0.434. The Kier molecular flexibility index (Phi) is 5.72. The standard InChI is InChI=1S/C24H21ClN2O3/c1-15-9-16(2)11-20(10-15)29-14-23(28)26-19-7-8-22-21(13-19)27-24(30-22)12-17-3-5-18(25)6-4-17/h3-11,13H,12,14H2,1-2H3,(H,26,28). The maximum absolute atomic E-state index is 12.3. The van der Waals surface area contributed by atoms with E-state index in [0.717, 1.165) is 16.7 Å². The lowest BCUT2D eigenvalue weighted by Gasteiger charge is -2.09. The van der Waals surface area contributed by atoms with E-state index in [1.807, 2.05) is 50.2 Å². The normalized spacial score (nSPS) is 10.9. The minimum Gasteiger partial charge on any atom is -0.484 e. The van der Waals surface area contributed by atoms with Crippen molar-refractivity contribution in [2.24, 2.45) is 0 Å². The van der Waals surface area contributed by atoms with Crippen LogP contribution in [-0.4, -0.2) is 17.5 Å². The summed E-state index contributed by atoms with van der Waals surface area (Å²) >= 11 is 5.93. The fourth-order valence-corrected chi connectivity index (χ4v) is 3.39. The van der Waals surface area contributed by atoms with Crippen LogP contribution in [0.4, 0.5) is 5.69 Å². The van der Waals surface area contributed by atoms with Crippen LogP contribution in [0.15, 0.2) is 65.1 Å². The Labute approximate surface area is 179 Å². The number of anilines is 1. The van der Waals surface area contributed by atoms with E-state index in [1.165, 1.54) is 0 Å². The molecule has 0 aliphatic heterocycles. The van der Waals surface area contributed by atoms with Crippen LogP contribution in [0.1, 0.15) is 22.6 Å². The third kappa shape index (κ3) is 4.99. The summed E-state index contributed by atoms with van der Waals surface area (Å²) < 4.78 is 11.4. The molecule has 1 heterocycles. The van der Waals surface area contributed by atoms with E-state index in [1.54, 1.807) is 18.2 Å².